The molecular formula is C23H24F18N6O4S2. The maximum absolute atomic E-state index is 13.8. The summed E-state index contributed by atoms with van der Waals surface area (Å²) < 4.78 is 255. The summed E-state index contributed by atoms with van der Waals surface area (Å²) in [6.07, 6.45) is -14.0. The topological polar surface area (TPSA) is 130 Å². The van der Waals surface area contributed by atoms with Crippen LogP contribution in [0.4, 0.5) is 79.0 Å². The van der Waals surface area contributed by atoms with Crippen molar-refractivity contribution < 1.29 is 97.0 Å². The van der Waals surface area contributed by atoms with E-state index in [-0.39, 0.29) is 22.3 Å². The summed E-state index contributed by atoms with van der Waals surface area (Å²) in [5.41, 5.74) is 0. The van der Waals surface area contributed by atoms with Gasteiger partial charge in [-0.25, -0.2) is 8.42 Å². The lowest BCUT2D eigenvalue weighted by Gasteiger charge is -2.32. The van der Waals surface area contributed by atoms with Crippen LogP contribution in [0.5, 0.6) is 0 Å². The van der Waals surface area contributed by atoms with Gasteiger partial charge in [-0.1, -0.05) is 21.3 Å². The van der Waals surface area contributed by atoms with Crippen LogP contribution in [0.25, 0.3) is 0 Å². The van der Waals surface area contributed by atoms with Gasteiger partial charge in [0.1, 0.15) is 5.75 Å². The predicted octanol–water partition coefficient (Wildman–Crippen LogP) is 6.67. The molecule has 30 heteroatoms. The summed E-state index contributed by atoms with van der Waals surface area (Å²) in [6.45, 7) is 2.77. The zero-order valence-electron chi connectivity index (χ0n) is 25.8. The van der Waals surface area contributed by atoms with E-state index in [1.807, 2.05) is 0 Å². The SMILES string of the molecule is C.CCS(=O)(=O)CC(=O)c1nnc(C(F)(F)C(F)(F)C(F)(F)C(F)(F)F)n1C.CCSCC(=O)c1nnc(C(F)(F)C(F)(F)C(F)(F)C(F)(F)F)n1C. The Balaban J connectivity index is 0.00000100. The van der Waals surface area contributed by atoms with Gasteiger partial charge in [0.05, 0.1) is 5.75 Å². The number of hydrogen-bond acceptors (Lipinski definition) is 9. The number of hydrogen-bond donors (Lipinski definition) is 0. The minimum atomic E-state index is -7.15. The largest absolute Gasteiger partial charge is 0.460 e. The summed E-state index contributed by atoms with van der Waals surface area (Å²) in [5, 5.41) is 10.5. The molecule has 2 heterocycles. The van der Waals surface area contributed by atoms with E-state index in [9.17, 15) is 97.0 Å². The van der Waals surface area contributed by atoms with E-state index >= 15 is 0 Å². The van der Waals surface area contributed by atoms with Crippen LogP contribution in [0.2, 0.25) is 0 Å². The zero-order chi connectivity index (χ0) is 41.5. The lowest BCUT2D eigenvalue weighted by Crippen LogP contribution is -2.60. The average Bonchev–Trinajstić information content (AvgIpc) is 3.57. The van der Waals surface area contributed by atoms with Gasteiger partial charge in [-0.2, -0.15) is 90.8 Å². The molecule has 0 unspecified atom stereocenters. The summed E-state index contributed by atoms with van der Waals surface area (Å²) in [5.74, 6) is -51.2. The van der Waals surface area contributed by atoms with Gasteiger partial charge in [-0.05, 0) is 5.75 Å². The molecule has 0 fully saturated rings. The number of Topliss-reactive ketones (excluding diaryl/α,β-unsaturated/α-hetero) is 2. The molecule has 0 saturated heterocycles. The summed E-state index contributed by atoms with van der Waals surface area (Å²) in [7, 11) is -3.04. The van der Waals surface area contributed by atoms with Gasteiger partial charge in [-0.3, -0.25) is 9.59 Å². The fourth-order valence-electron chi connectivity index (χ4n) is 3.35. The first-order valence-corrected chi connectivity index (χ1v) is 16.0. The number of thioether (sulfide) groups is 1. The van der Waals surface area contributed by atoms with Gasteiger partial charge in [0, 0.05) is 19.8 Å². The van der Waals surface area contributed by atoms with Crippen LogP contribution in [0.3, 0.4) is 0 Å². The van der Waals surface area contributed by atoms with Crippen LogP contribution in [0.15, 0.2) is 0 Å². The Morgan fingerprint density at radius 3 is 1.19 bits per heavy atom. The Hall–Kier alpha value is -3.34. The average molecular weight is 855 g/mol. The van der Waals surface area contributed by atoms with Crippen LogP contribution in [-0.4, -0.2) is 109 Å². The molecule has 53 heavy (non-hydrogen) atoms. The van der Waals surface area contributed by atoms with Gasteiger partial charge >= 0.3 is 47.9 Å². The van der Waals surface area contributed by atoms with Crippen LogP contribution in [0, 0.1) is 0 Å². The number of alkyl halides is 18. The molecule has 0 aliphatic heterocycles. The second-order valence-electron chi connectivity index (χ2n) is 9.91. The minimum Gasteiger partial charge on any atom is -0.306 e. The number of halogens is 18. The minimum absolute atomic E-state index is 0. The molecule has 0 bridgehead atoms. The highest BCUT2D eigenvalue weighted by Gasteiger charge is 2.84. The van der Waals surface area contributed by atoms with Crippen molar-refractivity contribution in [2.75, 3.05) is 23.0 Å². The molecule has 10 nitrogen and oxygen atoms in total. The van der Waals surface area contributed by atoms with Gasteiger partial charge in [0.25, 0.3) is 0 Å². The molecule has 2 aromatic heterocycles. The number of sulfone groups is 1. The lowest BCUT2D eigenvalue weighted by atomic mass is 10.0. The normalized spacial score (nSPS) is 14.0. The molecule has 308 valence electrons. The Labute approximate surface area is 289 Å². The van der Waals surface area contributed by atoms with Crippen molar-refractivity contribution in [3.63, 3.8) is 0 Å². The summed E-state index contributed by atoms with van der Waals surface area (Å²) >= 11 is 1.01. The highest BCUT2D eigenvalue weighted by molar-refractivity contribution is 7.99. The van der Waals surface area contributed by atoms with Crippen molar-refractivity contribution in [3.8, 4) is 0 Å². The van der Waals surface area contributed by atoms with Crippen molar-refractivity contribution in [2.24, 2.45) is 14.1 Å². The van der Waals surface area contributed by atoms with Crippen molar-refractivity contribution in [2.45, 2.75) is 69.2 Å². The number of carbonyl (C=O) groups excluding carboxylic acids is 2. The Morgan fingerprint density at radius 2 is 0.906 bits per heavy atom. The molecule has 2 aromatic rings. The second kappa shape index (κ2) is 15.8. The number of nitrogens with zero attached hydrogens (tertiary/aromatic N) is 6. The first-order chi connectivity index (χ1) is 23.0. The van der Waals surface area contributed by atoms with E-state index in [0.29, 0.717) is 19.8 Å². The van der Waals surface area contributed by atoms with Crippen molar-refractivity contribution >= 4 is 33.2 Å². The fourth-order valence-corrected chi connectivity index (χ4v) is 4.60. The molecule has 0 spiro atoms. The second-order valence-corrected chi connectivity index (χ2v) is 13.5. The van der Waals surface area contributed by atoms with Crippen molar-refractivity contribution in [3.05, 3.63) is 23.3 Å². The molecule has 0 N–H and O–H groups in total. The maximum atomic E-state index is 13.8. The van der Waals surface area contributed by atoms with Crippen LogP contribution in [0.1, 0.15) is 54.2 Å². The van der Waals surface area contributed by atoms with E-state index < -0.39 is 104 Å². The highest BCUT2D eigenvalue weighted by atomic mass is 32.2. The van der Waals surface area contributed by atoms with E-state index in [0.717, 1.165) is 18.7 Å². The molecule has 0 saturated carbocycles. The third-order valence-electron chi connectivity index (χ3n) is 6.33. The van der Waals surface area contributed by atoms with E-state index in [2.05, 4.69) is 20.4 Å². The zero-order valence-corrected chi connectivity index (χ0v) is 27.4. The summed E-state index contributed by atoms with van der Waals surface area (Å²) in [6, 6.07) is 0. The van der Waals surface area contributed by atoms with E-state index in [4.69, 9.17) is 0 Å². The molecule has 0 radical (unpaired) electrons. The third kappa shape index (κ3) is 8.97. The quantitative estimate of drug-likeness (QED) is 0.151. The highest BCUT2D eigenvalue weighted by Crippen LogP contribution is 2.57. The van der Waals surface area contributed by atoms with Crippen LogP contribution >= 0.6 is 11.8 Å². The molecule has 0 aliphatic carbocycles. The predicted molar refractivity (Wildman–Crippen MR) is 144 cm³/mol. The van der Waals surface area contributed by atoms with Gasteiger partial charge in [-0.15, -0.1) is 20.4 Å². The lowest BCUT2D eigenvalue weighted by molar-refractivity contribution is -0.401. The number of ketones is 2. The number of aromatic nitrogens is 6. The standard InChI is InChI=1S/C11H10F9N3O3S.C11H10F9N3OS.CH4/c1-3-27(25,26)4-5(24)6-21-22-7(23(6)2)8(12,13)9(14,15)10(16,17)11(18,19)20;1-3-25-4-5(24)6-21-22-7(23(6)2)8(12,13)9(14,15)10(16,17)11(18,19)20;/h3-4H2,1-2H3;3-4H2,1-2H3;1H4. The Bertz CT molecular complexity index is 1720. The fraction of sp³-hybridized carbons (Fsp3) is 0.739. The number of carbonyl (C=O) groups is 2. The monoisotopic (exact) mass is 854 g/mol. The van der Waals surface area contributed by atoms with Gasteiger partial charge in [0.15, 0.2) is 9.84 Å². The van der Waals surface area contributed by atoms with Gasteiger partial charge in [0.2, 0.25) is 34.9 Å². The molecule has 0 amide bonds. The Morgan fingerprint density at radius 1 is 0.585 bits per heavy atom. The van der Waals surface area contributed by atoms with Gasteiger partial charge < -0.3 is 9.13 Å². The molecular weight excluding hydrogens is 830 g/mol. The first-order valence-electron chi connectivity index (χ1n) is 13.0. The van der Waals surface area contributed by atoms with E-state index in [1.165, 1.54) is 0 Å². The number of rotatable bonds is 14. The summed E-state index contributed by atoms with van der Waals surface area (Å²) in [4.78, 5) is 23.4. The molecule has 0 aliphatic rings. The van der Waals surface area contributed by atoms with Crippen molar-refractivity contribution in [1.82, 2.24) is 29.5 Å². The third-order valence-corrected chi connectivity index (χ3v) is 8.78. The molecule has 2 rings (SSSR count). The maximum Gasteiger partial charge on any atom is 0.460 e. The van der Waals surface area contributed by atoms with E-state index in [1.54, 1.807) is 6.92 Å². The Kier molecular flexibility index (Phi) is 14.8. The molecule has 0 atom stereocenters. The smallest absolute Gasteiger partial charge is 0.306 e. The first kappa shape index (κ1) is 49.7. The van der Waals surface area contributed by atoms with Crippen LogP contribution < -0.4 is 0 Å². The van der Waals surface area contributed by atoms with Crippen LogP contribution in [-0.2, 0) is 35.8 Å². The molecule has 0 aromatic carbocycles. The van der Waals surface area contributed by atoms with Crippen molar-refractivity contribution in [1.29, 1.82) is 0 Å².